The van der Waals surface area contributed by atoms with Gasteiger partial charge >= 0.3 is 0 Å². The molecule has 1 spiro atoms. The molecule has 5 heteroatoms. The van der Waals surface area contributed by atoms with E-state index in [1.165, 1.54) is 6.07 Å². The molecule has 0 aromatic heterocycles. The number of rotatable bonds is 6. The van der Waals surface area contributed by atoms with Crippen LogP contribution in [0.4, 0.5) is 4.39 Å². The van der Waals surface area contributed by atoms with Gasteiger partial charge in [-0.25, -0.2) is 4.39 Å². The molecule has 2 aliphatic rings. The molecule has 1 heterocycles. The number of likely N-dealkylation sites (tertiary alicyclic amines) is 1. The molecule has 0 unspecified atom stereocenters. The van der Waals surface area contributed by atoms with E-state index < -0.39 is 0 Å². The van der Waals surface area contributed by atoms with Crippen molar-refractivity contribution in [3.8, 4) is 0 Å². The van der Waals surface area contributed by atoms with E-state index in [9.17, 15) is 14.0 Å². The van der Waals surface area contributed by atoms with Crippen LogP contribution in [-0.2, 0) is 16.0 Å². The monoisotopic (exact) mass is 358 g/mol. The van der Waals surface area contributed by atoms with Crippen LogP contribution < -0.4 is 5.32 Å². The Morgan fingerprint density at radius 2 is 2.04 bits per heavy atom. The minimum absolute atomic E-state index is 0.0281. The zero-order valence-electron chi connectivity index (χ0n) is 15.2. The first-order valence-electron chi connectivity index (χ1n) is 9.48. The van der Waals surface area contributed by atoms with Gasteiger partial charge in [-0.15, -0.1) is 6.58 Å². The maximum Gasteiger partial charge on any atom is 0.223 e. The number of carbonyl (C=O) groups excluding carboxylic acids is 2. The molecule has 140 valence electrons. The van der Waals surface area contributed by atoms with Gasteiger partial charge in [0.2, 0.25) is 11.8 Å². The number of nitrogens with one attached hydrogen (secondary N) is 1. The fourth-order valence-corrected chi connectivity index (χ4v) is 4.37. The molecule has 0 bridgehead atoms. The summed E-state index contributed by atoms with van der Waals surface area (Å²) in [6, 6.07) is 6.73. The molecule has 2 fully saturated rings. The van der Waals surface area contributed by atoms with Crippen LogP contribution in [0.25, 0.3) is 0 Å². The molecule has 1 saturated carbocycles. The molecule has 1 aromatic carbocycles. The summed E-state index contributed by atoms with van der Waals surface area (Å²) in [6.45, 7) is 4.37. The maximum atomic E-state index is 13.6. The minimum atomic E-state index is -0.256. The summed E-state index contributed by atoms with van der Waals surface area (Å²) in [5, 5.41) is 3.09. The van der Waals surface area contributed by atoms with E-state index in [2.05, 4.69) is 11.9 Å². The van der Waals surface area contributed by atoms with E-state index in [1.807, 2.05) is 4.90 Å². The number of hydrogen-bond donors (Lipinski definition) is 1. The Labute approximate surface area is 154 Å². The zero-order valence-corrected chi connectivity index (χ0v) is 15.2. The standard InChI is InChI=1S/C21H27FN2O2/c1-2-15-24-20(26)11-14-21(24)12-9-17(10-13-21)23-19(25)8-7-16-5-3-4-6-18(16)22/h2-6,17H,1,7-15H2,(H,23,25). The number of carbonyl (C=O) groups is 2. The average molecular weight is 358 g/mol. The SMILES string of the molecule is C=CCN1C(=O)CCC12CCC(NC(=O)CCc1ccccc1F)CC2. The molecule has 0 atom stereocenters. The van der Waals surface area contributed by atoms with Gasteiger partial charge in [-0.2, -0.15) is 0 Å². The van der Waals surface area contributed by atoms with Gasteiger partial charge in [-0.1, -0.05) is 24.3 Å². The van der Waals surface area contributed by atoms with Gasteiger partial charge in [0, 0.05) is 31.0 Å². The van der Waals surface area contributed by atoms with Crippen molar-refractivity contribution in [1.29, 1.82) is 0 Å². The molecular formula is C21H27FN2O2. The highest BCUT2D eigenvalue weighted by Gasteiger charge is 2.46. The fourth-order valence-electron chi connectivity index (χ4n) is 4.37. The van der Waals surface area contributed by atoms with E-state index in [1.54, 1.807) is 24.3 Å². The Hall–Kier alpha value is -2.17. The van der Waals surface area contributed by atoms with Gasteiger partial charge in [-0.05, 0) is 50.2 Å². The van der Waals surface area contributed by atoms with Gasteiger partial charge in [0.15, 0.2) is 0 Å². The topological polar surface area (TPSA) is 49.4 Å². The number of hydrogen-bond acceptors (Lipinski definition) is 2. The lowest BCUT2D eigenvalue weighted by molar-refractivity contribution is -0.132. The van der Waals surface area contributed by atoms with E-state index >= 15 is 0 Å². The van der Waals surface area contributed by atoms with Crippen LogP contribution >= 0.6 is 0 Å². The molecule has 1 N–H and O–H groups in total. The highest BCUT2D eigenvalue weighted by atomic mass is 19.1. The largest absolute Gasteiger partial charge is 0.353 e. The molecule has 1 aliphatic heterocycles. The van der Waals surface area contributed by atoms with E-state index in [0.717, 1.165) is 32.1 Å². The first-order valence-corrected chi connectivity index (χ1v) is 9.48. The smallest absolute Gasteiger partial charge is 0.223 e. The molecule has 0 radical (unpaired) electrons. The van der Waals surface area contributed by atoms with Crippen LogP contribution in [0.5, 0.6) is 0 Å². The van der Waals surface area contributed by atoms with E-state index in [4.69, 9.17) is 0 Å². The predicted octanol–water partition coefficient (Wildman–Crippen LogP) is 3.36. The molecular weight excluding hydrogens is 331 g/mol. The van der Waals surface area contributed by atoms with Crippen LogP contribution in [0.2, 0.25) is 0 Å². The summed E-state index contributed by atoms with van der Waals surface area (Å²) in [4.78, 5) is 26.3. The first-order chi connectivity index (χ1) is 12.5. The second-order valence-corrected chi connectivity index (χ2v) is 7.45. The average Bonchev–Trinajstić information content (AvgIpc) is 2.93. The predicted molar refractivity (Wildman–Crippen MR) is 99.0 cm³/mol. The normalized spacial score (nSPS) is 25.5. The number of amides is 2. The van der Waals surface area contributed by atoms with Gasteiger partial charge in [0.05, 0.1) is 0 Å². The summed E-state index contributed by atoms with van der Waals surface area (Å²) < 4.78 is 13.6. The Morgan fingerprint density at radius 3 is 2.73 bits per heavy atom. The highest BCUT2D eigenvalue weighted by molar-refractivity contribution is 5.80. The Morgan fingerprint density at radius 1 is 1.31 bits per heavy atom. The third-order valence-electron chi connectivity index (χ3n) is 5.85. The fraction of sp³-hybridized carbons (Fsp3) is 0.524. The van der Waals surface area contributed by atoms with Crippen molar-refractivity contribution in [3.05, 3.63) is 48.3 Å². The van der Waals surface area contributed by atoms with Crippen molar-refractivity contribution >= 4 is 11.8 Å². The Bertz CT molecular complexity index is 680. The molecule has 1 aromatic rings. The van der Waals surface area contributed by atoms with Gasteiger partial charge in [-0.3, -0.25) is 9.59 Å². The van der Waals surface area contributed by atoms with Gasteiger partial charge in [0.1, 0.15) is 5.82 Å². The maximum absolute atomic E-state index is 13.6. The van der Waals surface area contributed by atoms with Gasteiger partial charge in [0.25, 0.3) is 0 Å². The van der Waals surface area contributed by atoms with Crippen LogP contribution in [0.3, 0.4) is 0 Å². The van der Waals surface area contributed by atoms with Crippen molar-refractivity contribution < 1.29 is 14.0 Å². The van der Waals surface area contributed by atoms with Crippen LogP contribution in [0.15, 0.2) is 36.9 Å². The highest BCUT2D eigenvalue weighted by Crippen LogP contribution is 2.42. The number of halogens is 1. The molecule has 2 amide bonds. The first kappa shape index (κ1) is 18.6. The zero-order chi connectivity index (χ0) is 18.6. The lowest BCUT2D eigenvalue weighted by Gasteiger charge is -2.43. The summed E-state index contributed by atoms with van der Waals surface area (Å²) in [6.07, 6.45) is 7.64. The number of benzene rings is 1. The molecule has 1 saturated heterocycles. The molecule has 1 aliphatic carbocycles. The quantitative estimate of drug-likeness (QED) is 0.793. The number of aryl methyl sites for hydroxylation is 1. The summed E-state index contributed by atoms with van der Waals surface area (Å²) in [5.74, 6) is -0.0648. The lowest BCUT2D eigenvalue weighted by Crippen LogP contribution is -2.51. The van der Waals surface area contributed by atoms with Crippen LogP contribution in [-0.4, -0.2) is 34.8 Å². The Balaban J connectivity index is 1.48. The second-order valence-electron chi connectivity index (χ2n) is 7.45. The van der Waals surface area contributed by atoms with Crippen LogP contribution in [0.1, 0.15) is 50.5 Å². The molecule has 26 heavy (non-hydrogen) atoms. The van der Waals surface area contributed by atoms with Crippen LogP contribution in [0, 0.1) is 5.82 Å². The minimum Gasteiger partial charge on any atom is -0.353 e. The molecule has 4 nitrogen and oxygen atoms in total. The van der Waals surface area contributed by atoms with E-state index in [0.29, 0.717) is 31.4 Å². The van der Waals surface area contributed by atoms with Crippen molar-refractivity contribution in [3.63, 3.8) is 0 Å². The summed E-state index contributed by atoms with van der Waals surface area (Å²) in [7, 11) is 0. The summed E-state index contributed by atoms with van der Waals surface area (Å²) >= 11 is 0. The van der Waals surface area contributed by atoms with Crippen molar-refractivity contribution in [2.75, 3.05) is 6.54 Å². The van der Waals surface area contributed by atoms with Crippen molar-refractivity contribution in [2.45, 2.75) is 62.9 Å². The van der Waals surface area contributed by atoms with Crippen molar-refractivity contribution in [2.24, 2.45) is 0 Å². The Kier molecular flexibility index (Phi) is 5.74. The third kappa shape index (κ3) is 3.97. The van der Waals surface area contributed by atoms with Crippen molar-refractivity contribution in [1.82, 2.24) is 10.2 Å². The van der Waals surface area contributed by atoms with E-state index in [-0.39, 0.29) is 29.2 Å². The second kappa shape index (κ2) is 8.02. The number of nitrogens with zero attached hydrogens (tertiary/aromatic N) is 1. The van der Waals surface area contributed by atoms with Gasteiger partial charge < -0.3 is 10.2 Å². The lowest BCUT2D eigenvalue weighted by atomic mass is 9.77. The molecule has 3 rings (SSSR count). The summed E-state index contributed by atoms with van der Waals surface area (Å²) in [5.41, 5.74) is 0.537. The third-order valence-corrected chi connectivity index (χ3v) is 5.85.